The summed E-state index contributed by atoms with van der Waals surface area (Å²) in [7, 11) is 0. The van der Waals surface area contributed by atoms with Crippen LogP contribution in [0.2, 0.25) is 0 Å². The molecule has 4 nitrogen and oxygen atoms in total. The predicted octanol–water partition coefficient (Wildman–Crippen LogP) is 4.76. The molecule has 0 aliphatic heterocycles. The number of anilines is 1. The number of hydrazone groups is 1. The molecule has 1 aromatic heterocycles. The molecule has 2 N–H and O–H groups in total. The van der Waals surface area contributed by atoms with E-state index in [9.17, 15) is 0 Å². The highest BCUT2D eigenvalue weighted by Crippen LogP contribution is 2.19. The van der Waals surface area contributed by atoms with Crippen LogP contribution in [0, 0.1) is 13.8 Å². The van der Waals surface area contributed by atoms with Crippen LogP contribution in [0.3, 0.4) is 0 Å². The Bertz CT molecular complexity index is 894. The zero-order valence-electron chi connectivity index (χ0n) is 13.9. The standard InChI is InChI=1S/C19H19N3OS/c1-12-8-9-13(2)16(10-12)20-19(24)22-21-14(3)18-11-15-6-4-5-7-17(15)23-18/h4-11H,1-3H3,(H2,20,22,24)/b21-14+. The first-order valence-corrected chi connectivity index (χ1v) is 8.11. The fourth-order valence-corrected chi connectivity index (χ4v) is 2.53. The number of hydrogen-bond donors (Lipinski definition) is 2. The molecule has 3 rings (SSSR count). The van der Waals surface area contributed by atoms with Gasteiger partial charge in [0.05, 0.1) is 0 Å². The molecule has 0 saturated heterocycles. The number of rotatable bonds is 3. The lowest BCUT2D eigenvalue weighted by molar-refractivity contribution is 0.603. The molecule has 0 atom stereocenters. The van der Waals surface area contributed by atoms with E-state index >= 15 is 0 Å². The minimum atomic E-state index is 0.444. The summed E-state index contributed by atoms with van der Waals surface area (Å²) in [5, 5.41) is 8.97. The second-order valence-electron chi connectivity index (χ2n) is 5.73. The largest absolute Gasteiger partial charge is 0.455 e. The minimum Gasteiger partial charge on any atom is -0.455 e. The molecular weight excluding hydrogens is 318 g/mol. The van der Waals surface area contributed by atoms with Gasteiger partial charge < -0.3 is 9.73 Å². The van der Waals surface area contributed by atoms with E-state index in [1.165, 1.54) is 5.56 Å². The molecule has 0 radical (unpaired) electrons. The zero-order valence-corrected chi connectivity index (χ0v) is 14.7. The van der Waals surface area contributed by atoms with Gasteiger partial charge >= 0.3 is 0 Å². The van der Waals surface area contributed by atoms with Crippen LogP contribution in [0.4, 0.5) is 5.69 Å². The Morgan fingerprint density at radius 1 is 1.08 bits per heavy atom. The fraction of sp³-hybridized carbons (Fsp3) is 0.158. The first kappa shape index (κ1) is 16.2. The van der Waals surface area contributed by atoms with Crippen LogP contribution in [0.15, 0.2) is 58.0 Å². The van der Waals surface area contributed by atoms with Crippen LogP contribution in [0.1, 0.15) is 23.8 Å². The molecule has 0 amide bonds. The Kier molecular flexibility index (Phi) is 4.62. The van der Waals surface area contributed by atoms with Crippen molar-refractivity contribution in [2.24, 2.45) is 5.10 Å². The number of benzene rings is 2. The van der Waals surface area contributed by atoms with Gasteiger partial charge in [-0.2, -0.15) is 5.10 Å². The van der Waals surface area contributed by atoms with E-state index in [1.807, 2.05) is 51.1 Å². The Morgan fingerprint density at radius 3 is 2.67 bits per heavy atom. The first-order chi connectivity index (χ1) is 11.5. The molecule has 0 saturated carbocycles. The molecule has 122 valence electrons. The van der Waals surface area contributed by atoms with Gasteiger partial charge in [0.2, 0.25) is 0 Å². The molecule has 0 unspecified atom stereocenters. The zero-order chi connectivity index (χ0) is 17.1. The van der Waals surface area contributed by atoms with Crippen molar-refractivity contribution < 1.29 is 4.42 Å². The van der Waals surface area contributed by atoms with Gasteiger partial charge in [0.1, 0.15) is 11.3 Å². The summed E-state index contributed by atoms with van der Waals surface area (Å²) in [4.78, 5) is 0. The molecule has 0 aliphatic carbocycles. The summed E-state index contributed by atoms with van der Waals surface area (Å²) in [6.45, 7) is 5.96. The quantitative estimate of drug-likeness (QED) is 0.411. The number of furan rings is 1. The number of nitrogens with zero attached hydrogens (tertiary/aromatic N) is 1. The Labute approximate surface area is 146 Å². The molecule has 0 bridgehead atoms. The van der Waals surface area contributed by atoms with Gasteiger partial charge in [0, 0.05) is 11.1 Å². The van der Waals surface area contributed by atoms with Crippen molar-refractivity contribution in [3.8, 4) is 0 Å². The van der Waals surface area contributed by atoms with Gasteiger partial charge in [-0.3, -0.25) is 5.43 Å². The molecule has 5 heteroatoms. The van der Waals surface area contributed by atoms with Crippen molar-refractivity contribution >= 4 is 39.7 Å². The smallest absolute Gasteiger partial charge is 0.191 e. The number of fused-ring (bicyclic) bond motifs is 1. The van der Waals surface area contributed by atoms with Crippen molar-refractivity contribution in [2.45, 2.75) is 20.8 Å². The molecule has 24 heavy (non-hydrogen) atoms. The normalized spacial score (nSPS) is 11.5. The van der Waals surface area contributed by atoms with Crippen LogP contribution in [-0.4, -0.2) is 10.8 Å². The molecule has 1 heterocycles. The SMILES string of the molecule is C/C(=N\NC(=S)Nc1cc(C)ccc1C)c1cc2ccccc2o1. The number of para-hydroxylation sites is 1. The second-order valence-corrected chi connectivity index (χ2v) is 6.14. The summed E-state index contributed by atoms with van der Waals surface area (Å²) in [6.07, 6.45) is 0. The van der Waals surface area contributed by atoms with E-state index in [0.29, 0.717) is 5.11 Å². The van der Waals surface area contributed by atoms with Crippen LogP contribution >= 0.6 is 12.2 Å². The second kappa shape index (κ2) is 6.84. The summed E-state index contributed by atoms with van der Waals surface area (Å²) in [6, 6.07) is 16.0. The maximum atomic E-state index is 5.78. The molecule has 0 aliphatic rings. The summed E-state index contributed by atoms with van der Waals surface area (Å²) in [5.74, 6) is 0.721. The highest BCUT2D eigenvalue weighted by molar-refractivity contribution is 7.80. The molecule has 0 spiro atoms. The lowest BCUT2D eigenvalue weighted by Gasteiger charge is -2.11. The molecule has 3 aromatic rings. The van der Waals surface area contributed by atoms with Crippen molar-refractivity contribution in [3.05, 3.63) is 65.4 Å². The van der Waals surface area contributed by atoms with E-state index in [0.717, 1.165) is 33.7 Å². The van der Waals surface area contributed by atoms with Crippen LogP contribution in [0.25, 0.3) is 11.0 Å². The van der Waals surface area contributed by atoms with Gasteiger partial charge in [0.15, 0.2) is 10.9 Å². The third-order valence-corrected chi connectivity index (χ3v) is 3.94. The van der Waals surface area contributed by atoms with Gasteiger partial charge in [-0.05, 0) is 62.3 Å². The summed E-state index contributed by atoms with van der Waals surface area (Å²) >= 11 is 5.31. The van der Waals surface area contributed by atoms with Crippen LogP contribution in [0.5, 0.6) is 0 Å². The number of hydrogen-bond acceptors (Lipinski definition) is 3. The maximum Gasteiger partial charge on any atom is 0.191 e. The average Bonchev–Trinajstić information content (AvgIpc) is 3.00. The minimum absolute atomic E-state index is 0.444. The van der Waals surface area contributed by atoms with Crippen molar-refractivity contribution in [2.75, 3.05) is 5.32 Å². The van der Waals surface area contributed by atoms with E-state index in [4.69, 9.17) is 16.6 Å². The highest BCUT2D eigenvalue weighted by atomic mass is 32.1. The third kappa shape index (κ3) is 3.63. The summed E-state index contributed by atoms with van der Waals surface area (Å²) in [5.41, 5.74) is 7.72. The lowest BCUT2D eigenvalue weighted by atomic mass is 10.1. The average molecular weight is 337 g/mol. The lowest BCUT2D eigenvalue weighted by Crippen LogP contribution is -2.25. The van der Waals surface area contributed by atoms with Gasteiger partial charge in [-0.15, -0.1) is 0 Å². The first-order valence-electron chi connectivity index (χ1n) is 7.70. The topological polar surface area (TPSA) is 49.6 Å². The van der Waals surface area contributed by atoms with Gasteiger partial charge in [0.25, 0.3) is 0 Å². The van der Waals surface area contributed by atoms with E-state index in [-0.39, 0.29) is 0 Å². The Hall–Kier alpha value is -2.66. The molecule has 0 fully saturated rings. The summed E-state index contributed by atoms with van der Waals surface area (Å²) < 4.78 is 5.78. The highest BCUT2D eigenvalue weighted by Gasteiger charge is 2.07. The van der Waals surface area contributed by atoms with E-state index in [2.05, 4.69) is 34.0 Å². The van der Waals surface area contributed by atoms with Gasteiger partial charge in [-0.25, -0.2) is 0 Å². The molecular formula is C19H19N3OS. The van der Waals surface area contributed by atoms with Crippen LogP contribution in [-0.2, 0) is 0 Å². The van der Waals surface area contributed by atoms with Crippen LogP contribution < -0.4 is 10.7 Å². The van der Waals surface area contributed by atoms with Crippen molar-refractivity contribution in [1.82, 2.24) is 5.43 Å². The third-order valence-electron chi connectivity index (χ3n) is 3.75. The number of aryl methyl sites for hydroxylation is 2. The fourth-order valence-electron chi connectivity index (χ4n) is 2.37. The monoisotopic (exact) mass is 337 g/mol. The van der Waals surface area contributed by atoms with Crippen molar-refractivity contribution in [1.29, 1.82) is 0 Å². The predicted molar refractivity (Wildman–Crippen MR) is 104 cm³/mol. The Morgan fingerprint density at radius 2 is 1.88 bits per heavy atom. The maximum absolute atomic E-state index is 5.78. The number of thiocarbonyl (C=S) groups is 1. The van der Waals surface area contributed by atoms with E-state index in [1.54, 1.807) is 0 Å². The Balaban J connectivity index is 1.70. The van der Waals surface area contributed by atoms with Gasteiger partial charge in [-0.1, -0.05) is 30.3 Å². The molecule has 2 aromatic carbocycles. The van der Waals surface area contributed by atoms with E-state index < -0.39 is 0 Å². The van der Waals surface area contributed by atoms with Crippen molar-refractivity contribution in [3.63, 3.8) is 0 Å². The number of nitrogens with one attached hydrogen (secondary N) is 2.